The Balaban J connectivity index is 2.11. The molecule has 0 unspecified atom stereocenters. The minimum absolute atomic E-state index is 0.00621. The maximum absolute atomic E-state index is 12.6. The maximum atomic E-state index is 12.6. The van der Waals surface area contributed by atoms with E-state index in [0.29, 0.717) is 32.6 Å². The van der Waals surface area contributed by atoms with Crippen LogP contribution in [0.2, 0.25) is 0 Å². The molecule has 1 aromatic carbocycles. The Hall–Kier alpha value is -1.59. The number of carbonyl (C=O) groups is 1. The van der Waals surface area contributed by atoms with E-state index in [1.807, 2.05) is 31.2 Å². The molecule has 0 aliphatic carbocycles. The Bertz CT molecular complexity index is 484. The van der Waals surface area contributed by atoms with Crippen LogP contribution in [0.1, 0.15) is 31.4 Å². The number of benzene rings is 1. The molecular weight excluding hydrogens is 268 g/mol. The number of methoxy groups -OCH3 is 1. The van der Waals surface area contributed by atoms with Crippen LogP contribution in [-0.2, 0) is 9.53 Å². The summed E-state index contributed by atoms with van der Waals surface area (Å²) >= 11 is 0. The van der Waals surface area contributed by atoms with Crippen LogP contribution in [0.15, 0.2) is 24.3 Å². The van der Waals surface area contributed by atoms with Gasteiger partial charge in [-0.25, -0.2) is 0 Å². The molecule has 2 rings (SSSR count). The van der Waals surface area contributed by atoms with Crippen LogP contribution in [0.5, 0.6) is 5.75 Å². The predicted octanol–water partition coefficient (Wildman–Crippen LogP) is 1.63. The van der Waals surface area contributed by atoms with Crippen LogP contribution in [0.3, 0.4) is 0 Å². The summed E-state index contributed by atoms with van der Waals surface area (Å²) in [5.74, 6) is 0.783. The van der Waals surface area contributed by atoms with E-state index < -0.39 is 5.41 Å². The smallest absolute Gasteiger partial charge is 0.228 e. The quantitative estimate of drug-likeness (QED) is 0.865. The van der Waals surface area contributed by atoms with E-state index >= 15 is 0 Å². The molecule has 0 bridgehead atoms. The summed E-state index contributed by atoms with van der Waals surface area (Å²) in [5, 5.41) is 3.08. The van der Waals surface area contributed by atoms with Crippen molar-refractivity contribution in [2.24, 2.45) is 11.1 Å². The summed E-state index contributed by atoms with van der Waals surface area (Å²) in [6.07, 6.45) is 1.35. The summed E-state index contributed by atoms with van der Waals surface area (Å²) in [6, 6.07) is 7.58. The van der Waals surface area contributed by atoms with Crippen molar-refractivity contribution >= 4 is 5.91 Å². The molecule has 0 saturated carbocycles. The summed E-state index contributed by atoms with van der Waals surface area (Å²) in [6.45, 7) is 3.49. The highest BCUT2D eigenvalue weighted by atomic mass is 16.5. The Morgan fingerprint density at radius 3 is 2.71 bits per heavy atom. The monoisotopic (exact) mass is 292 g/mol. The van der Waals surface area contributed by atoms with E-state index in [1.54, 1.807) is 7.11 Å². The molecule has 1 amide bonds. The molecule has 21 heavy (non-hydrogen) atoms. The number of hydrogen-bond donors (Lipinski definition) is 2. The Morgan fingerprint density at radius 2 is 2.10 bits per heavy atom. The summed E-state index contributed by atoms with van der Waals surface area (Å²) in [7, 11) is 1.63. The van der Waals surface area contributed by atoms with E-state index in [4.69, 9.17) is 15.2 Å². The van der Waals surface area contributed by atoms with Crippen molar-refractivity contribution in [3.8, 4) is 5.75 Å². The van der Waals surface area contributed by atoms with Gasteiger partial charge in [-0.05, 0) is 25.8 Å². The number of rotatable bonds is 5. The fourth-order valence-electron chi connectivity index (χ4n) is 2.74. The fourth-order valence-corrected chi connectivity index (χ4v) is 2.74. The van der Waals surface area contributed by atoms with E-state index in [-0.39, 0.29) is 11.9 Å². The summed E-state index contributed by atoms with van der Waals surface area (Å²) in [5.41, 5.74) is 6.33. The molecule has 1 fully saturated rings. The lowest BCUT2D eigenvalue weighted by Crippen LogP contribution is -2.49. The number of para-hydroxylation sites is 1. The third kappa shape index (κ3) is 3.36. The molecule has 5 heteroatoms. The standard InChI is InChI=1S/C16H24N2O3/c1-12(13-5-3-4-6-14(13)20-2)18-15(19)16(11-17)7-9-21-10-8-16/h3-6,12H,7-11,17H2,1-2H3,(H,18,19)/t12-/m0/s1. The average Bonchev–Trinajstić information content (AvgIpc) is 2.55. The largest absolute Gasteiger partial charge is 0.496 e. The van der Waals surface area contributed by atoms with Gasteiger partial charge in [0.2, 0.25) is 5.91 Å². The first-order chi connectivity index (χ1) is 10.1. The first-order valence-corrected chi connectivity index (χ1v) is 7.34. The van der Waals surface area contributed by atoms with Crippen molar-refractivity contribution in [3.05, 3.63) is 29.8 Å². The zero-order valence-corrected chi connectivity index (χ0v) is 12.7. The van der Waals surface area contributed by atoms with Gasteiger partial charge < -0.3 is 20.5 Å². The van der Waals surface area contributed by atoms with Gasteiger partial charge in [-0.2, -0.15) is 0 Å². The van der Waals surface area contributed by atoms with E-state index in [2.05, 4.69) is 5.32 Å². The number of nitrogens with two attached hydrogens (primary N) is 1. The van der Waals surface area contributed by atoms with Gasteiger partial charge in [0.1, 0.15) is 5.75 Å². The van der Waals surface area contributed by atoms with Gasteiger partial charge in [-0.3, -0.25) is 4.79 Å². The van der Waals surface area contributed by atoms with Crippen molar-refractivity contribution < 1.29 is 14.3 Å². The maximum Gasteiger partial charge on any atom is 0.228 e. The highest BCUT2D eigenvalue weighted by molar-refractivity contribution is 5.83. The highest BCUT2D eigenvalue weighted by Gasteiger charge is 2.39. The number of ether oxygens (including phenoxy) is 2. The molecule has 1 aromatic rings. The first-order valence-electron chi connectivity index (χ1n) is 7.34. The zero-order valence-electron chi connectivity index (χ0n) is 12.7. The Kier molecular flexibility index (Phi) is 5.20. The van der Waals surface area contributed by atoms with Crippen LogP contribution in [0, 0.1) is 5.41 Å². The number of nitrogens with one attached hydrogen (secondary N) is 1. The molecule has 1 aliphatic heterocycles. The van der Waals surface area contributed by atoms with Crippen molar-refractivity contribution in [2.45, 2.75) is 25.8 Å². The lowest BCUT2D eigenvalue weighted by Gasteiger charge is -2.35. The van der Waals surface area contributed by atoms with Crippen LogP contribution in [-0.4, -0.2) is 32.8 Å². The minimum Gasteiger partial charge on any atom is -0.496 e. The second-order valence-electron chi connectivity index (χ2n) is 5.53. The van der Waals surface area contributed by atoms with Gasteiger partial charge in [-0.15, -0.1) is 0 Å². The SMILES string of the molecule is COc1ccccc1[C@H](C)NC(=O)C1(CN)CCOCC1. The molecule has 1 atom stereocenters. The second kappa shape index (κ2) is 6.91. The van der Waals surface area contributed by atoms with E-state index in [0.717, 1.165) is 11.3 Å². The molecule has 0 aromatic heterocycles. The minimum atomic E-state index is -0.505. The third-order valence-corrected chi connectivity index (χ3v) is 4.28. The van der Waals surface area contributed by atoms with E-state index in [9.17, 15) is 4.79 Å². The lowest BCUT2D eigenvalue weighted by molar-refractivity contribution is -0.136. The van der Waals surface area contributed by atoms with Crippen LogP contribution in [0.25, 0.3) is 0 Å². The van der Waals surface area contributed by atoms with Gasteiger partial charge in [-0.1, -0.05) is 18.2 Å². The normalized spacial score (nSPS) is 18.8. The third-order valence-electron chi connectivity index (χ3n) is 4.28. The molecule has 3 N–H and O–H groups in total. The van der Waals surface area contributed by atoms with Crippen LogP contribution >= 0.6 is 0 Å². The predicted molar refractivity (Wildman–Crippen MR) is 81.1 cm³/mol. The molecule has 0 radical (unpaired) electrons. The molecule has 0 spiro atoms. The summed E-state index contributed by atoms with van der Waals surface area (Å²) < 4.78 is 10.7. The number of amides is 1. The first kappa shape index (κ1) is 15.8. The Morgan fingerprint density at radius 1 is 1.43 bits per heavy atom. The van der Waals surface area contributed by atoms with Gasteiger partial charge in [0, 0.05) is 25.3 Å². The topological polar surface area (TPSA) is 73.6 Å². The summed E-state index contributed by atoms with van der Waals surface area (Å²) in [4.78, 5) is 12.6. The van der Waals surface area contributed by atoms with Gasteiger partial charge in [0.05, 0.1) is 18.6 Å². The molecule has 1 saturated heterocycles. The molecule has 1 aliphatic rings. The molecular formula is C16H24N2O3. The van der Waals surface area contributed by atoms with Crippen LogP contribution < -0.4 is 15.8 Å². The number of carbonyl (C=O) groups excluding carboxylic acids is 1. The molecule has 116 valence electrons. The van der Waals surface area contributed by atoms with Crippen LogP contribution in [0.4, 0.5) is 0 Å². The van der Waals surface area contributed by atoms with Gasteiger partial charge >= 0.3 is 0 Å². The highest BCUT2D eigenvalue weighted by Crippen LogP contribution is 2.31. The second-order valence-corrected chi connectivity index (χ2v) is 5.53. The van der Waals surface area contributed by atoms with Crippen molar-refractivity contribution in [3.63, 3.8) is 0 Å². The zero-order chi connectivity index (χ0) is 15.3. The lowest BCUT2D eigenvalue weighted by atomic mass is 9.79. The van der Waals surface area contributed by atoms with Gasteiger partial charge in [0.15, 0.2) is 0 Å². The fraction of sp³-hybridized carbons (Fsp3) is 0.562. The average molecular weight is 292 g/mol. The van der Waals surface area contributed by atoms with Gasteiger partial charge in [0.25, 0.3) is 0 Å². The van der Waals surface area contributed by atoms with Crippen molar-refractivity contribution in [1.82, 2.24) is 5.32 Å². The van der Waals surface area contributed by atoms with E-state index in [1.165, 1.54) is 0 Å². The molecule has 1 heterocycles. The van der Waals surface area contributed by atoms with Crippen molar-refractivity contribution in [1.29, 1.82) is 0 Å². The van der Waals surface area contributed by atoms with Crippen molar-refractivity contribution in [2.75, 3.05) is 26.9 Å². The Labute approximate surface area is 125 Å². The number of hydrogen-bond acceptors (Lipinski definition) is 4. The molecule has 5 nitrogen and oxygen atoms in total.